The second kappa shape index (κ2) is 5.20. The van der Waals surface area contributed by atoms with Gasteiger partial charge in [0.25, 0.3) is 0 Å². The molecule has 2 rings (SSSR count). The molecule has 0 aliphatic heterocycles. The summed E-state index contributed by atoms with van der Waals surface area (Å²) in [7, 11) is 6.31. The van der Waals surface area contributed by atoms with Crippen LogP contribution < -0.4 is 4.90 Å². The first-order chi connectivity index (χ1) is 8.57. The van der Waals surface area contributed by atoms with Crippen molar-refractivity contribution in [3.05, 3.63) is 18.0 Å². The van der Waals surface area contributed by atoms with Crippen LogP contribution in [0.4, 0.5) is 5.95 Å². The van der Waals surface area contributed by atoms with Gasteiger partial charge in [-0.2, -0.15) is 0 Å². The predicted molar refractivity (Wildman–Crippen MR) is 71.5 cm³/mol. The lowest BCUT2D eigenvalue weighted by Crippen LogP contribution is -2.57. The molecule has 1 fully saturated rings. The number of likely N-dealkylation sites (N-methyl/N-ethyl adjacent to an activating group) is 2. The topological polar surface area (TPSA) is 52.5 Å². The van der Waals surface area contributed by atoms with Crippen molar-refractivity contribution in [2.75, 3.05) is 32.6 Å². The van der Waals surface area contributed by atoms with Crippen molar-refractivity contribution in [2.45, 2.75) is 31.4 Å². The summed E-state index contributed by atoms with van der Waals surface area (Å²) in [5.41, 5.74) is 1.02. The monoisotopic (exact) mass is 250 g/mol. The zero-order chi connectivity index (χ0) is 13.2. The van der Waals surface area contributed by atoms with Crippen molar-refractivity contribution in [2.24, 2.45) is 0 Å². The molecule has 5 nitrogen and oxygen atoms in total. The van der Waals surface area contributed by atoms with Gasteiger partial charge in [0.05, 0.1) is 6.61 Å². The molecule has 5 heteroatoms. The molecule has 1 N–H and O–H groups in total. The van der Waals surface area contributed by atoms with E-state index in [9.17, 15) is 0 Å². The van der Waals surface area contributed by atoms with Crippen LogP contribution in [0.2, 0.25) is 0 Å². The molecule has 0 bridgehead atoms. The summed E-state index contributed by atoms with van der Waals surface area (Å²) < 4.78 is 0. The molecule has 18 heavy (non-hydrogen) atoms. The molecule has 0 spiro atoms. The highest BCUT2D eigenvalue weighted by atomic mass is 16.3. The van der Waals surface area contributed by atoms with Gasteiger partial charge in [0, 0.05) is 37.1 Å². The average Bonchev–Trinajstić information content (AvgIpc) is 2.33. The average molecular weight is 250 g/mol. The number of aromatic nitrogens is 2. The first-order valence-corrected chi connectivity index (χ1v) is 6.38. The van der Waals surface area contributed by atoms with Gasteiger partial charge in [-0.15, -0.1) is 0 Å². The smallest absolute Gasteiger partial charge is 0.225 e. The Kier molecular flexibility index (Phi) is 3.82. The van der Waals surface area contributed by atoms with E-state index in [2.05, 4.69) is 33.9 Å². The summed E-state index contributed by atoms with van der Waals surface area (Å²) in [6.07, 6.45) is 7.14. The maximum atomic E-state index is 8.97. The number of aliphatic hydroxyl groups excluding tert-OH is 1. The van der Waals surface area contributed by atoms with Crippen LogP contribution in [0, 0.1) is 0 Å². The van der Waals surface area contributed by atoms with Gasteiger partial charge in [-0.1, -0.05) is 0 Å². The van der Waals surface area contributed by atoms with Crippen molar-refractivity contribution < 1.29 is 5.11 Å². The SMILES string of the molecule is CN(CC1(N(C)C)CCC1)c1ncc(CO)cn1. The highest BCUT2D eigenvalue weighted by molar-refractivity contribution is 5.30. The van der Waals surface area contributed by atoms with Gasteiger partial charge in [-0.3, -0.25) is 0 Å². The molecule has 0 saturated heterocycles. The van der Waals surface area contributed by atoms with Crippen LogP contribution in [0.25, 0.3) is 0 Å². The molecule has 0 radical (unpaired) electrons. The normalized spacial score (nSPS) is 17.6. The third kappa shape index (κ3) is 2.47. The van der Waals surface area contributed by atoms with Crippen LogP contribution in [-0.4, -0.2) is 53.2 Å². The van der Waals surface area contributed by atoms with Crippen molar-refractivity contribution in [3.8, 4) is 0 Å². The zero-order valence-electron chi connectivity index (χ0n) is 11.4. The Labute approximate surface area is 108 Å². The van der Waals surface area contributed by atoms with E-state index < -0.39 is 0 Å². The molecule has 0 aromatic carbocycles. The molecule has 1 saturated carbocycles. The Bertz CT molecular complexity index is 386. The first kappa shape index (κ1) is 13.2. The number of nitrogens with zero attached hydrogens (tertiary/aromatic N) is 4. The van der Waals surface area contributed by atoms with E-state index in [0.717, 1.165) is 18.1 Å². The minimum absolute atomic E-state index is 0.00830. The van der Waals surface area contributed by atoms with Gasteiger partial charge < -0.3 is 14.9 Å². The summed E-state index contributed by atoms with van der Waals surface area (Å²) in [5, 5.41) is 8.97. The summed E-state index contributed by atoms with van der Waals surface area (Å²) >= 11 is 0. The molecule has 0 amide bonds. The number of anilines is 1. The molecule has 1 aromatic rings. The largest absolute Gasteiger partial charge is 0.392 e. The van der Waals surface area contributed by atoms with E-state index >= 15 is 0 Å². The van der Waals surface area contributed by atoms with Gasteiger partial charge in [-0.25, -0.2) is 9.97 Å². The lowest BCUT2D eigenvalue weighted by molar-refractivity contribution is 0.0680. The molecule has 1 aliphatic rings. The summed E-state index contributed by atoms with van der Waals surface area (Å²) in [5.74, 6) is 0.723. The molecular weight excluding hydrogens is 228 g/mol. The van der Waals surface area contributed by atoms with Crippen molar-refractivity contribution in [1.29, 1.82) is 0 Å². The quantitative estimate of drug-likeness (QED) is 0.841. The number of hydrogen-bond donors (Lipinski definition) is 1. The molecule has 100 valence electrons. The van der Waals surface area contributed by atoms with Gasteiger partial charge in [0.15, 0.2) is 0 Å². The van der Waals surface area contributed by atoms with Gasteiger partial charge in [0.1, 0.15) is 0 Å². The first-order valence-electron chi connectivity index (χ1n) is 6.38. The lowest BCUT2D eigenvalue weighted by atomic mass is 9.75. The van der Waals surface area contributed by atoms with Gasteiger partial charge in [0.2, 0.25) is 5.95 Å². The van der Waals surface area contributed by atoms with Crippen LogP contribution in [-0.2, 0) is 6.61 Å². The summed E-state index contributed by atoms with van der Waals surface area (Å²) in [4.78, 5) is 13.0. The Balaban J connectivity index is 2.04. The summed E-state index contributed by atoms with van der Waals surface area (Å²) in [6, 6.07) is 0. The zero-order valence-corrected chi connectivity index (χ0v) is 11.4. The van der Waals surface area contributed by atoms with Crippen molar-refractivity contribution in [1.82, 2.24) is 14.9 Å². The molecule has 0 unspecified atom stereocenters. The van der Waals surface area contributed by atoms with E-state index in [1.165, 1.54) is 19.3 Å². The fourth-order valence-electron chi connectivity index (χ4n) is 2.47. The van der Waals surface area contributed by atoms with Crippen molar-refractivity contribution in [3.63, 3.8) is 0 Å². The van der Waals surface area contributed by atoms with E-state index in [4.69, 9.17) is 5.11 Å². The molecule has 1 heterocycles. The number of rotatable bonds is 5. The van der Waals surface area contributed by atoms with E-state index in [1.807, 2.05) is 7.05 Å². The van der Waals surface area contributed by atoms with E-state index in [0.29, 0.717) is 0 Å². The minimum atomic E-state index is -0.00830. The maximum Gasteiger partial charge on any atom is 0.225 e. The Morgan fingerprint density at radius 3 is 2.22 bits per heavy atom. The van der Waals surface area contributed by atoms with Crippen LogP contribution in [0.15, 0.2) is 12.4 Å². The molecule has 0 atom stereocenters. The Morgan fingerprint density at radius 2 is 1.83 bits per heavy atom. The highest BCUT2D eigenvalue weighted by Crippen LogP contribution is 2.36. The van der Waals surface area contributed by atoms with Crippen molar-refractivity contribution >= 4 is 5.95 Å². The molecular formula is C13H22N4O. The third-order valence-electron chi connectivity index (χ3n) is 3.98. The number of hydrogen-bond acceptors (Lipinski definition) is 5. The standard InChI is InChI=1S/C13H22N4O/c1-16(2)13(5-4-6-13)10-17(3)12-14-7-11(9-18)8-15-12/h7-8,18H,4-6,9-10H2,1-3H3. The lowest BCUT2D eigenvalue weighted by Gasteiger charge is -2.49. The Hall–Kier alpha value is -1.20. The second-order valence-electron chi connectivity index (χ2n) is 5.38. The van der Waals surface area contributed by atoms with E-state index in [-0.39, 0.29) is 12.1 Å². The van der Waals surface area contributed by atoms with Gasteiger partial charge in [-0.05, 0) is 33.4 Å². The molecule has 1 aliphatic carbocycles. The fourth-order valence-corrected chi connectivity index (χ4v) is 2.47. The Morgan fingerprint density at radius 1 is 1.22 bits per heavy atom. The second-order valence-corrected chi connectivity index (χ2v) is 5.38. The fraction of sp³-hybridized carbons (Fsp3) is 0.692. The van der Waals surface area contributed by atoms with Crippen LogP contribution in [0.1, 0.15) is 24.8 Å². The van der Waals surface area contributed by atoms with Crippen LogP contribution >= 0.6 is 0 Å². The van der Waals surface area contributed by atoms with E-state index in [1.54, 1.807) is 12.4 Å². The molecule has 1 aromatic heterocycles. The number of aliphatic hydroxyl groups is 1. The third-order valence-corrected chi connectivity index (χ3v) is 3.98. The van der Waals surface area contributed by atoms with Crippen LogP contribution in [0.3, 0.4) is 0 Å². The van der Waals surface area contributed by atoms with Gasteiger partial charge >= 0.3 is 0 Å². The summed E-state index contributed by atoms with van der Waals surface area (Å²) in [6.45, 7) is 0.935. The predicted octanol–water partition coefficient (Wildman–Crippen LogP) is 0.889. The highest BCUT2D eigenvalue weighted by Gasteiger charge is 2.40. The minimum Gasteiger partial charge on any atom is -0.392 e. The maximum absolute atomic E-state index is 8.97. The van der Waals surface area contributed by atoms with Crippen LogP contribution in [0.5, 0.6) is 0 Å².